The summed E-state index contributed by atoms with van der Waals surface area (Å²) in [4.78, 5) is 24.5. The minimum Gasteiger partial charge on any atom is -0.508 e. The predicted molar refractivity (Wildman–Crippen MR) is 97.6 cm³/mol. The van der Waals surface area contributed by atoms with Crippen molar-refractivity contribution in [3.63, 3.8) is 0 Å². The maximum absolute atomic E-state index is 12.5. The Balaban J connectivity index is 2.33. The first-order valence-corrected chi connectivity index (χ1v) is 8.42. The van der Waals surface area contributed by atoms with Gasteiger partial charge in [0.2, 0.25) is 0 Å². The van der Waals surface area contributed by atoms with Crippen molar-refractivity contribution in [2.24, 2.45) is 0 Å². The Kier molecular flexibility index (Phi) is 5.95. The van der Waals surface area contributed by atoms with Crippen molar-refractivity contribution in [2.45, 2.75) is 34.1 Å². The number of phenolic OH excluding ortho intramolecular Hbond substituents is 3. The number of ether oxygens (including phenoxy) is 2. The molecule has 7 heteroatoms. The maximum Gasteiger partial charge on any atom is 0.347 e. The molecule has 0 saturated heterocycles. The highest BCUT2D eigenvalue weighted by molar-refractivity contribution is 5.97. The molecule has 144 valence electrons. The van der Waals surface area contributed by atoms with Crippen molar-refractivity contribution in [3.8, 4) is 23.0 Å². The zero-order valence-electron chi connectivity index (χ0n) is 15.6. The number of aromatic hydroxyl groups is 3. The van der Waals surface area contributed by atoms with Gasteiger partial charge in [-0.2, -0.15) is 0 Å². The minimum absolute atomic E-state index is 0.00255. The SMILES string of the molecule is CCCOC(=O)c1c(C)cc(OC(=O)c2c(C)cc(O)c(C)c2O)cc1O. The molecule has 3 N–H and O–H groups in total. The first kappa shape index (κ1) is 20.1. The van der Waals surface area contributed by atoms with Gasteiger partial charge in [-0.15, -0.1) is 0 Å². The van der Waals surface area contributed by atoms with Crippen LogP contribution in [0.3, 0.4) is 0 Å². The normalized spacial score (nSPS) is 10.5. The molecule has 0 heterocycles. The third-order valence-corrected chi connectivity index (χ3v) is 4.07. The Morgan fingerprint density at radius 2 is 1.52 bits per heavy atom. The molecular formula is C20H22O7. The molecule has 0 amide bonds. The lowest BCUT2D eigenvalue weighted by Gasteiger charge is -2.14. The Hall–Kier alpha value is -3.22. The number of benzene rings is 2. The van der Waals surface area contributed by atoms with E-state index in [2.05, 4.69) is 0 Å². The van der Waals surface area contributed by atoms with Crippen LogP contribution in [0.4, 0.5) is 0 Å². The molecule has 0 radical (unpaired) electrons. The Morgan fingerprint density at radius 3 is 2.11 bits per heavy atom. The van der Waals surface area contributed by atoms with Crippen molar-refractivity contribution in [2.75, 3.05) is 6.61 Å². The summed E-state index contributed by atoms with van der Waals surface area (Å²) in [5.74, 6) is -2.39. The molecule has 7 nitrogen and oxygen atoms in total. The highest BCUT2D eigenvalue weighted by Gasteiger charge is 2.23. The van der Waals surface area contributed by atoms with Crippen molar-refractivity contribution >= 4 is 11.9 Å². The van der Waals surface area contributed by atoms with Gasteiger partial charge in [0, 0.05) is 11.6 Å². The van der Waals surface area contributed by atoms with Gasteiger partial charge in [0.1, 0.15) is 34.1 Å². The van der Waals surface area contributed by atoms with E-state index < -0.39 is 11.9 Å². The molecule has 0 aliphatic rings. The standard InChI is InChI=1S/C20H22O7/c1-5-6-26-19(24)16-10(2)7-13(9-15(16)22)27-20(25)17-11(3)8-14(21)12(4)18(17)23/h7-9,21-23H,5-6H2,1-4H3. The van der Waals surface area contributed by atoms with Gasteiger partial charge in [-0.05, 0) is 50.5 Å². The van der Waals surface area contributed by atoms with Crippen molar-refractivity contribution in [3.05, 3.63) is 46.0 Å². The van der Waals surface area contributed by atoms with Crippen LogP contribution in [-0.2, 0) is 4.74 Å². The lowest BCUT2D eigenvalue weighted by molar-refractivity contribution is 0.0501. The average Bonchev–Trinajstić information content (AvgIpc) is 2.57. The summed E-state index contributed by atoms with van der Waals surface area (Å²) in [6.07, 6.45) is 0.649. The Labute approximate surface area is 156 Å². The molecule has 0 aliphatic carbocycles. The van der Waals surface area contributed by atoms with Crippen LogP contribution >= 0.6 is 0 Å². The fourth-order valence-electron chi connectivity index (χ4n) is 2.62. The number of aryl methyl sites for hydroxylation is 2. The van der Waals surface area contributed by atoms with Crippen molar-refractivity contribution in [1.82, 2.24) is 0 Å². The lowest BCUT2D eigenvalue weighted by atomic mass is 10.0. The van der Waals surface area contributed by atoms with Crippen LogP contribution in [0.5, 0.6) is 23.0 Å². The number of rotatable bonds is 5. The summed E-state index contributed by atoms with van der Waals surface area (Å²) in [7, 11) is 0. The monoisotopic (exact) mass is 374 g/mol. The van der Waals surface area contributed by atoms with Crippen LogP contribution < -0.4 is 4.74 Å². The quantitative estimate of drug-likeness (QED) is 0.542. The molecule has 0 spiro atoms. The highest BCUT2D eigenvalue weighted by atomic mass is 16.5. The van der Waals surface area contributed by atoms with Gasteiger partial charge >= 0.3 is 11.9 Å². The van der Waals surface area contributed by atoms with E-state index in [-0.39, 0.29) is 46.3 Å². The van der Waals surface area contributed by atoms with E-state index in [1.807, 2.05) is 6.92 Å². The van der Waals surface area contributed by atoms with Crippen molar-refractivity contribution < 1.29 is 34.4 Å². The van der Waals surface area contributed by atoms with Crippen molar-refractivity contribution in [1.29, 1.82) is 0 Å². The molecule has 2 aromatic carbocycles. The van der Waals surface area contributed by atoms with E-state index in [1.54, 1.807) is 13.8 Å². The summed E-state index contributed by atoms with van der Waals surface area (Å²) >= 11 is 0. The number of esters is 2. The van der Waals surface area contributed by atoms with Gasteiger partial charge in [0.15, 0.2) is 0 Å². The second kappa shape index (κ2) is 7.99. The van der Waals surface area contributed by atoms with Gasteiger partial charge in [-0.1, -0.05) is 6.92 Å². The van der Waals surface area contributed by atoms with Gasteiger partial charge in [-0.25, -0.2) is 9.59 Å². The molecule has 27 heavy (non-hydrogen) atoms. The maximum atomic E-state index is 12.5. The summed E-state index contributed by atoms with van der Waals surface area (Å²) in [5, 5.41) is 30.0. The molecule has 0 aromatic heterocycles. The van der Waals surface area contributed by atoms with Crippen LogP contribution in [0.2, 0.25) is 0 Å². The summed E-state index contributed by atoms with van der Waals surface area (Å²) in [6, 6.07) is 3.90. The molecule has 0 aliphatic heterocycles. The zero-order chi connectivity index (χ0) is 20.3. The fraction of sp³-hybridized carbons (Fsp3) is 0.300. The molecule has 0 atom stereocenters. The van der Waals surface area contributed by atoms with Gasteiger partial charge in [0.05, 0.1) is 6.61 Å². The molecular weight excluding hydrogens is 352 g/mol. The minimum atomic E-state index is -0.854. The smallest absolute Gasteiger partial charge is 0.347 e. The number of hydrogen-bond donors (Lipinski definition) is 3. The molecule has 0 saturated carbocycles. The molecule has 0 bridgehead atoms. The third kappa shape index (κ3) is 4.13. The lowest BCUT2D eigenvalue weighted by Crippen LogP contribution is -2.12. The Bertz CT molecular complexity index is 877. The van der Waals surface area contributed by atoms with Crippen LogP contribution in [0.25, 0.3) is 0 Å². The summed E-state index contributed by atoms with van der Waals surface area (Å²) < 4.78 is 10.3. The highest BCUT2D eigenvalue weighted by Crippen LogP contribution is 2.34. The molecule has 2 aromatic rings. The number of hydrogen-bond acceptors (Lipinski definition) is 7. The first-order valence-electron chi connectivity index (χ1n) is 8.42. The molecule has 0 fully saturated rings. The van der Waals surface area contributed by atoms with Crippen LogP contribution in [0.1, 0.15) is 50.8 Å². The van der Waals surface area contributed by atoms with E-state index in [9.17, 15) is 24.9 Å². The molecule has 2 rings (SSSR count). The summed E-state index contributed by atoms with van der Waals surface area (Å²) in [6.45, 7) is 6.67. The second-order valence-corrected chi connectivity index (χ2v) is 6.22. The summed E-state index contributed by atoms with van der Waals surface area (Å²) in [5.41, 5.74) is 0.778. The van der Waals surface area contributed by atoms with Gasteiger partial charge in [0.25, 0.3) is 0 Å². The van der Waals surface area contributed by atoms with E-state index >= 15 is 0 Å². The van der Waals surface area contributed by atoms with Crippen LogP contribution in [0, 0.1) is 20.8 Å². The third-order valence-electron chi connectivity index (χ3n) is 4.07. The number of phenols is 3. The average molecular weight is 374 g/mol. The fourth-order valence-corrected chi connectivity index (χ4v) is 2.62. The van der Waals surface area contributed by atoms with E-state index in [0.717, 1.165) is 6.07 Å². The number of carbonyl (C=O) groups excluding carboxylic acids is 2. The van der Waals surface area contributed by atoms with Crippen LogP contribution in [-0.4, -0.2) is 33.9 Å². The van der Waals surface area contributed by atoms with E-state index in [0.29, 0.717) is 17.5 Å². The second-order valence-electron chi connectivity index (χ2n) is 6.22. The van der Waals surface area contributed by atoms with E-state index in [4.69, 9.17) is 9.47 Å². The Morgan fingerprint density at radius 1 is 0.889 bits per heavy atom. The largest absolute Gasteiger partial charge is 0.508 e. The van der Waals surface area contributed by atoms with Gasteiger partial charge < -0.3 is 24.8 Å². The van der Waals surface area contributed by atoms with Gasteiger partial charge in [-0.3, -0.25) is 0 Å². The predicted octanol–water partition coefficient (Wildman–Crippen LogP) is 3.51. The number of carbonyl (C=O) groups is 2. The topological polar surface area (TPSA) is 113 Å². The van der Waals surface area contributed by atoms with E-state index in [1.165, 1.54) is 19.1 Å². The van der Waals surface area contributed by atoms with Crippen LogP contribution in [0.15, 0.2) is 18.2 Å². The zero-order valence-corrected chi connectivity index (χ0v) is 15.6. The first-order chi connectivity index (χ1) is 12.7. The molecule has 0 unspecified atom stereocenters.